The summed E-state index contributed by atoms with van der Waals surface area (Å²) < 4.78 is 1.59. The Kier molecular flexibility index (Phi) is 5.81. The molecular weight excluding hydrogens is 380 g/mol. The van der Waals surface area contributed by atoms with Gasteiger partial charge in [-0.25, -0.2) is 4.79 Å². The molecule has 1 unspecified atom stereocenters. The van der Waals surface area contributed by atoms with Gasteiger partial charge in [0.2, 0.25) is 0 Å². The second kappa shape index (κ2) is 6.91. The summed E-state index contributed by atoms with van der Waals surface area (Å²) in [4.78, 5) is 24.0. The number of halogens is 2. The molecule has 0 radical (unpaired) electrons. The first-order chi connectivity index (χ1) is 8.81. The van der Waals surface area contributed by atoms with Crippen molar-refractivity contribution >= 4 is 49.5 Å². The van der Waals surface area contributed by atoms with Crippen LogP contribution in [0.4, 0.5) is 10.5 Å². The van der Waals surface area contributed by atoms with Gasteiger partial charge < -0.3 is 15.3 Å². The van der Waals surface area contributed by atoms with E-state index in [4.69, 9.17) is 5.11 Å². The zero-order chi connectivity index (χ0) is 14.6. The molecule has 0 saturated heterocycles. The molecule has 2 amide bonds. The Morgan fingerprint density at radius 1 is 1.42 bits per heavy atom. The van der Waals surface area contributed by atoms with Gasteiger partial charge in [0.1, 0.15) is 0 Å². The van der Waals surface area contributed by atoms with Gasteiger partial charge in [0.15, 0.2) is 0 Å². The lowest BCUT2D eigenvalue weighted by atomic mass is 10.2. The highest BCUT2D eigenvalue weighted by molar-refractivity contribution is 9.11. The SMILES string of the molecule is CC(CN(C)C(=O)Nc1cc(Br)ccc1Br)C(=O)O. The molecule has 5 nitrogen and oxygen atoms in total. The summed E-state index contributed by atoms with van der Waals surface area (Å²) in [5, 5.41) is 11.5. The summed E-state index contributed by atoms with van der Waals surface area (Å²) in [5.74, 6) is -1.54. The van der Waals surface area contributed by atoms with Crippen molar-refractivity contribution in [2.75, 3.05) is 18.9 Å². The number of carboxylic acids is 1. The van der Waals surface area contributed by atoms with E-state index < -0.39 is 11.9 Å². The fraction of sp³-hybridized carbons (Fsp3) is 0.333. The number of urea groups is 1. The number of hydrogen-bond acceptors (Lipinski definition) is 2. The van der Waals surface area contributed by atoms with E-state index in [2.05, 4.69) is 37.2 Å². The third-order valence-electron chi connectivity index (χ3n) is 2.49. The van der Waals surface area contributed by atoms with Crippen molar-refractivity contribution in [2.45, 2.75) is 6.92 Å². The molecule has 0 aliphatic rings. The molecule has 0 aliphatic carbocycles. The molecule has 1 aromatic carbocycles. The quantitative estimate of drug-likeness (QED) is 0.823. The summed E-state index contributed by atoms with van der Waals surface area (Å²) >= 11 is 6.65. The number of carboxylic acid groups (broad SMARTS) is 1. The van der Waals surface area contributed by atoms with Crippen molar-refractivity contribution in [1.82, 2.24) is 4.90 Å². The number of nitrogens with one attached hydrogen (secondary N) is 1. The third-order valence-corrected chi connectivity index (χ3v) is 3.67. The molecule has 0 aliphatic heterocycles. The van der Waals surface area contributed by atoms with Gasteiger partial charge in [-0.2, -0.15) is 0 Å². The second-order valence-electron chi connectivity index (χ2n) is 4.17. The number of aliphatic carboxylic acids is 1. The summed E-state index contributed by atoms with van der Waals surface area (Å²) in [7, 11) is 1.56. The molecule has 0 bridgehead atoms. The van der Waals surface area contributed by atoms with Crippen LogP contribution in [0.15, 0.2) is 27.1 Å². The number of carbonyl (C=O) groups excluding carboxylic acids is 1. The molecule has 0 fully saturated rings. The lowest BCUT2D eigenvalue weighted by Crippen LogP contribution is -2.36. The van der Waals surface area contributed by atoms with Crippen molar-refractivity contribution in [3.8, 4) is 0 Å². The van der Waals surface area contributed by atoms with Crippen LogP contribution in [0.5, 0.6) is 0 Å². The summed E-state index contributed by atoms with van der Waals surface area (Å²) in [5.41, 5.74) is 0.620. The standard InChI is InChI=1S/C12H14Br2N2O3/c1-7(11(17)18)6-16(2)12(19)15-10-5-8(13)3-4-9(10)14/h3-5,7H,6H2,1-2H3,(H,15,19)(H,17,18). The maximum atomic E-state index is 11.9. The normalized spacial score (nSPS) is 11.8. The van der Waals surface area contributed by atoms with Crippen molar-refractivity contribution < 1.29 is 14.7 Å². The molecule has 1 atom stereocenters. The molecular formula is C12H14Br2N2O3. The van der Waals surface area contributed by atoms with E-state index in [-0.39, 0.29) is 12.6 Å². The van der Waals surface area contributed by atoms with Gasteiger partial charge in [0.25, 0.3) is 0 Å². The van der Waals surface area contributed by atoms with E-state index >= 15 is 0 Å². The Hall–Kier alpha value is -1.08. The summed E-state index contributed by atoms with van der Waals surface area (Å²) in [6.45, 7) is 1.70. The first-order valence-electron chi connectivity index (χ1n) is 5.51. The number of anilines is 1. The molecule has 2 N–H and O–H groups in total. The molecule has 1 rings (SSSR count). The van der Waals surface area contributed by atoms with Crippen molar-refractivity contribution in [2.24, 2.45) is 5.92 Å². The largest absolute Gasteiger partial charge is 0.481 e. The first-order valence-corrected chi connectivity index (χ1v) is 7.10. The molecule has 0 heterocycles. The van der Waals surface area contributed by atoms with Gasteiger partial charge in [-0.1, -0.05) is 22.9 Å². The summed E-state index contributed by atoms with van der Waals surface area (Å²) in [6, 6.07) is 5.05. The number of amides is 2. The maximum absolute atomic E-state index is 11.9. The molecule has 0 aromatic heterocycles. The van der Waals surface area contributed by atoms with E-state index in [1.165, 1.54) is 4.90 Å². The van der Waals surface area contributed by atoms with E-state index in [9.17, 15) is 9.59 Å². The smallest absolute Gasteiger partial charge is 0.321 e. The number of nitrogens with zero attached hydrogens (tertiary/aromatic N) is 1. The van der Waals surface area contributed by atoms with Gasteiger partial charge in [-0.3, -0.25) is 4.79 Å². The molecule has 104 valence electrons. The Bertz CT molecular complexity index is 494. The Morgan fingerprint density at radius 3 is 2.63 bits per heavy atom. The minimum Gasteiger partial charge on any atom is -0.481 e. The third kappa shape index (κ3) is 4.83. The minimum atomic E-state index is -0.928. The Morgan fingerprint density at radius 2 is 2.05 bits per heavy atom. The summed E-state index contributed by atoms with van der Waals surface area (Å²) in [6.07, 6.45) is 0. The fourth-order valence-electron chi connectivity index (χ4n) is 1.38. The maximum Gasteiger partial charge on any atom is 0.321 e. The van der Waals surface area contributed by atoms with E-state index in [1.807, 2.05) is 6.07 Å². The van der Waals surface area contributed by atoms with Gasteiger partial charge >= 0.3 is 12.0 Å². The molecule has 1 aromatic rings. The number of benzene rings is 1. The average Bonchev–Trinajstić information content (AvgIpc) is 2.33. The van der Waals surface area contributed by atoms with Crippen LogP contribution in [0.2, 0.25) is 0 Å². The van der Waals surface area contributed by atoms with Crippen LogP contribution < -0.4 is 5.32 Å². The van der Waals surface area contributed by atoms with Crippen LogP contribution >= 0.6 is 31.9 Å². The lowest BCUT2D eigenvalue weighted by molar-refractivity contribution is -0.141. The fourth-order valence-corrected chi connectivity index (χ4v) is 2.08. The Balaban J connectivity index is 2.68. The second-order valence-corrected chi connectivity index (χ2v) is 5.94. The molecule has 19 heavy (non-hydrogen) atoms. The van der Waals surface area contributed by atoms with Crippen LogP contribution in [-0.2, 0) is 4.79 Å². The monoisotopic (exact) mass is 392 g/mol. The van der Waals surface area contributed by atoms with Crippen LogP contribution in [0, 0.1) is 5.92 Å². The highest BCUT2D eigenvalue weighted by atomic mass is 79.9. The first kappa shape index (κ1) is 16.0. The Labute approximate surface area is 128 Å². The molecule has 7 heteroatoms. The highest BCUT2D eigenvalue weighted by Crippen LogP contribution is 2.26. The minimum absolute atomic E-state index is 0.146. The van der Waals surface area contributed by atoms with Crippen LogP contribution in [0.25, 0.3) is 0 Å². The predicted octanol–water partition coefficient (Wildman–Crippen LogP) is 3.40. The predicted molar refractivity (Wildman–Crippen MR) is 80.3 cm³/mol. The number of carbonyl (C=O) groups is 2. The van der Waals surface area contributed by atoms with Gasteiger partial charge in [-0.05, 0) is 34.1 Å². The van der Waals surface area contributed by atoms with Gasteiger partial charge in [0.05, 0.1) is 11.6 Å². The van der Waals surface area contributed by atoms with Gasteiger partial charge in [0, 0.05) is 22.5 Å². The van der Waals surface area contributed by atoms with Crippen molar-refractivity contribution in [3.63, 3.8) is 0 Å². The molecule has 0 spiro atoms. The van der Waals surface area contributed by atoms with Gasteiger partial charge in [-0.15, -0.1) is 0 Å². The van der Waals surface area contributed by atoms with Crippen LogP contribution in [0.3, 0.4) is 0 Å². The van der Waals surface area contributed by atoms with E-state index in [1.54, 1.807) is 26.1 Å². The number of hydrogen-bond donors (Lipinski definition) is 2. The van der Waals surface area contributed by atoms with Crippen molar-refractivity contribution in [1.29, 1.82) is 0 Å². The lowest BCUT2D eigenvalue weighted by Gasteiger charge is -2.20. The van der Waals surface area contributed by atoms with E-state index in [0.717, 1.165) is 8.95 Å². The van der Waals surface area contributed by atoms with E-state index in [0.29, 0.717) is 5.69 Å². The average molecular weight is 394 g/mol. The zero-order valence-corrected chi connectivity index (χ0v) is 13.7. The van der Waals surface area contributed by atoms with Crippen molar-refractivity contribution in [3.05, 3.63) is 27.1 Å². The molecule has 0 saturated carbocycles. The number of rotatable bonds is 4. The van der Waals surface area contributed by atoms with Crippen LogP contribution in [0.1, 0.15) is 6.92 Å². The zero-order valence-electron chi connectivity index (χ0n) is 10.5. The van der Waals surface area contributed by atoms with Crippen LogP contribution in [-0.4, -0.2) is 35.6 Å². The highest BCUT2D eigenvalue weighted by Gasteiger charge is 2.17. The topological polar surface area (TPSA) is 69.6 Å².